The standard InChI is InChI=1S/C23H20Cl2N2O7/c24-14-7-10-16(17(25)12-14)20-19(21(30)13-5-8-15(9-6-13)27(33)34)22(31)23(32)26(20)11-3-1-2-4-18(28)29/h5-10,12,20,30H,1-4,11H2,(H,28,29). The average molecular weight is 507 g/mol. The van der Waals surface area contributed by atoms with Gasteiger partial charge >= 0.3 is 5.97 Å². The Morgan fingerprint density at radius 2 is 1.71 bits per heavy atom. The smallest absolute Gasteiger partial charge is 0.303 e. The molecule has 1 aliphatic rings. The van der Waals surface area contributed by atoms with E-state index in [9.17, 15) is 29.6 Å². The number of aliphatic carboxylic acids is 1. The van der Waals surface area contributed by atoms with E-state index < -0.39 is 34.4 Å². The van der Waals surface area contributed by atoms with E-state index in [-0.39, 0.29) is 34.8 Å². The van der Waals surface area contributed by atoms with Crippen molar-refractivity contribution in [1.82, 2.24) is 4.90 Å². The zero-order valence-electron chi connectivity index (χ0n) is 17.7. The molecule has 2 N–H and O–H groups in total. The number of non-ortho nitro benzene ring substituents is 1. The Morgan fingerprint density at radius 3 is 2.29 bits per heavy atom. The molecule has 2 aromatic rings. The highest BCUT2D eigenvalue weighted by atomic mass is 35.5. The Kier molecular flexibility index (Phi) is 7.90. The molecule has 178 valence electrons. The summed E-state index contributed by atoms with van der Waals surface area (Å²) in [5.74, 6) is -3.16. The van der Waals surface area contributed by atoms with Crippen molar-refractivity contribution in [2.75, 3.05) is 6.54 Å². The fraction of sp³-hybridized carbons (Fsp3) is 0.261. The van der Waals surface area contributed by atoms with Crippen LogP contribution < -0.4 is 0 Å². The minimum atomic E-state index is -1.01. The number of rotatable bonds is 9. The van der Waals surface area contributed by atoms with Crippen molar-refractivity contribution >= 4 is 52.3 Å². The first-order chi connectivity index (χ1) is 16.1. The molecule has 1 saturated heterocycles. The van der Waals surface area contributed by atoms with Crippen LogP contribution in [-0.4, -0.2) is 44.2 Å². The van der Waals surface area contributed by atoms with Crippen LogP contribution in [-0.2, 0) is 14.4 Å². The lowest BCUT2D eigenvalue weighted by molar-refractivity contribution is -0.384. The molecule has 9 nitrogen and oxygen atoms in total. The SMILES string of the molecule is O=C(O)CCCCCN1C(=O)C(=O)C(=C(O)c2ccc([N+](=O)[O-])cc2)C1c1ccc(Cl)cc1Cl. The van der Waals surface area contributed by atoms with Crippen LogP contribution in [0.5, 0.6) is 0 Å². The Labute approximate surface area is 204 Å². The highest BCUT2D eigenvalue weighted by Crippen LogP contribution is 2.42. The van der Waals surface area contributed by atoms with Crippen LogP contribution in [0.3, 0.4) is 0 Å². The van der Waals surface area contributed by atoms with Gasteiger partial charge in [-0.2, -0.15) is 0 Å². The van der Waals surface area contributed by atoms with Gasteiger partial charge in [0, 0.05) is 40.7 Å². The van der Waals surface area contributed by atoms with Crippen LogP contribution in [0.2, 0.25) is 10.0 Å². The number of nitro benzene ring substituents is 1. The summed E-state index contributed by atoms with van der Waals surface area (Å²) in [5, 5.41) is 31.2. The van der Waals surface area contributed by atoms with Crippen molar-refractivity contribution in [3.05, 3.63) is 79.3 Å². The van der Waals surface area contributed by atoms with Crippen molar-refractivity contribution in [2.45, 2.75) is 31.7 Å². The Bertz CT molecular complexity index is 1180. The number of carbonyl (C=O) groups is 3. The summed E-state index contributed by atoms with van der Waals surface area (Å²) in [6, 6.07) is 8.47. The number of likely N-dealkylation sites (tertiary alicyclic amines) is 1. The first-order valence-corrected chi connectivity index (χ1v) is 11.1. The predicted octanol–water partition coefficient (Wildman–Crippen LogP) is 4.97. The number of carboxylic acids is 1. The lowest BCUT2D eigenvalue weighted by Gasteiger charge is -2.26. The molecule has 2 aromatic carbocycles. The molecular formula is C23H20Cl2N2O7. The highest BCUT2D eigenvalue weighted by Gasteiger charge is 2.46. The molecule has 0 aliphatic carbocycles. The first kappa shape index (κ1) is 25.2. The normalized spacial score (nSPS) is 17.2. The molecule has 3 rings (SSSR count). The van der Waals surface area contributed by atoms with Crippen LogP contribution in [0.1, 0.15) is 42.9 Å². The van der Waals surface area contributed by atoms with Gasteiger partial charge in [-0.1, -0.05) is 35.7 Å². The molecular weight excluding hydrogens is 487 g/mol. The second-order valence-corrected chi connectivity index (χ2v) is 8.51. The number of unbranched alkanes of at least 4 members (excludes halogenated alkanes) is 2. The van der Waals surface area contributed by atoms with Crippen LogP contribution in [0, 0.1) is 10.1 Å². The molecule has 1 fully saturated rings. The minimum absolute atomic E-state index is 0.00853. The summed E-state index contributed by atoms with van der Waals surface area (Å²) in [6.45, 7) is 0.130. The third kappa shape index (κ3) is 5.37. The molecule has 11 heteroatoms. The maximum Gasteiger partial charge on any atom is 0.303 e. The number of aliphatic hydroxyl groups is 1. The predicted molar refractivity (Wildman–Crippen MR) is 125 cm³/mol. The Hall–Kier alpha value is -3.43. The number of carbonyl (C=O) groups excluding carboxylic acids is 2. The van der Waals surface area contributed by atoms with Crippen LogP contribution in [0.4, 0.5) is 5.69 Å². The van der Waals surface area contributed by atoms with E-state index >= 15 is 0 Å². The summed E-state index contributed by atoms with van der Waals surface area (Å²) in [7, 11) is 0. The number of Topliss-reactive ketones (excluding diaryl/α,β-unsaturated/α-hetero) is 1. The molecule has 1 aliphatic heterocycles. The topological polar surface area (TPSA) is 138 Å². The van der Waals surface area contributed by atoms with Gasteiger partial charge in [-0.05, 0) is 42.7 Å². The molecule has 0 radical (unpaired) electrons. The van der Waals surface area contributed by atoms with E-state index in [1.54, 1.807) is 12.1 Å². The van der Waals surface area contributed by atoms with Gasteiger partial charge in [-0.15, -0.1) is 0 Å². The third-order valence-electron chi connectivity index (χ3n) is 5.44. The number of amides is 1. The molecule has 1 amide bonds. The molecule has 0 aromatic heterocycles. The highest BCUT2D eigenvalue weighted by molar-refractivity contribution is 6.47. The van der Waals surface area contributed by atoms with Gasteiger partial charge < -0.3 is 15.1 Å². The monoisotopic (exact) mass is 506 g/mol. The van der Waals surface area contributed by atoms with Gasteiger partial charge in [0.05, 0.1) is 16.5 Å². The van der Waals surface area contributed by atoms with E-state index in [1.165, 1.54) is 35.2 Å². The number of hydrogen-bond acceptors (Lipinski definition) is 6. The second kappa shape index (κ2) is 10.7. The van der Waals surface area contributed by atoms with E-state index in [2.05, 4.69) is 0 Å². The number of nitro groups is 1. The maximum absolute atomic E-state index is 13.0. The molecule has 34 heavy (non-hydrogen) atoms. The summed E-state index contributed by atoms with van der Waals surface area (Å²) >= 11 is 12.4. The number of hydrogen-bond donors (Lipinski definition) is 2. The number of halogens is 2. The number of carboxylic acid groups (broad SMARTS) is 1. The average Bonchev–Trinajstić information content (AvgIpc) is 3.03. The van der Waals surface area contributed by atoms with Gasteiger partial charge in [0.25, 0.3) is 17.4 Å². The second-order valence-electron chi connectivity index (χ2n) is 7.67. The van der Waals surface area contributed by atoms with Crippen LogP contribution in [0.25, 0.3) is 5.76 Å². The Morgan fingerprint density at radius 1 is 1.03 bits per heavy atom. The van der Waals surface area contributed by atoms with Crippen molar-refractivity contribution in [2.24, 2.45) is 0 Å². The molecule has 0 bridgehead atoms. The lowest BCUT2D eigenvalue weighted by atomic mass is 9.95. The zero-order chi connectivity index (χ0) is 25.0. The molecule has 0 spiro atoms. The molecule has 0 saturated carbocycles. The summed E-state index contributed by atoms with van der Waals surface area (Å²) in [5.41, 5.74) is 0.101. The van der Waals surface area contributed by atoms with Crippen LogP contribution in [0.15, 0.2) is 48.0 Å². The summed E-state index contributed by atoms with van der Waals surface area (Å²) < 4.78 is 0. The summed E-state index contributed by atoms with van der Waals surface area (Å²) in [4.78, 5) is 48.2. The van der Waals surface area contributed by atoms with Gasteiger partial charge in [0.15, 0.2) is 0 Å². The lowest BCUT2D eigenvalue weighted by Crippen LogP contribution is -2.30. The third-order valence-corrected chi connectivity index (χ3v) is 6.00. The zero-order valence-corrected chi connectivity index (χ0v) is 19.3. The number of benzene rings is 2. The number of aliphatic hydroxyl groups excluding tert-OH is 1. The van der Waals surface area contributed by atoms with Gasteiger partial charge in [0.2, 0.25) is 0 Å². The van der Waals surface area contributed by atoms with Crippen LogP contribution >= 0.6 is 23.2 Å². The summed E-state index contributed by atoms with van der Waals surface area (Å²) in [6.07, 6.45) is 1.35. The minimum Gasteiger partial charge on any atom is -0.507 e. The van der Waals surface area contributed by atoms with Crippen molar-refractivity contribution in [3.8, 4) is 0 Å². The van der Waals surface area contributed by atoms with E-state index in [4.69, 9.17) is 28.3 Å². The fourth-order valence-corrected chi connectivity index (χ4v) is 4.30. The first-order valence-electron chi connectivity index (χ1n) is 10.3. The van der Waals surface area contributed by atoms with Crippen molar-refractivity contribution in [1.29, 1.82) is 0 Å². The van der Waals surface area contributed by atoms with Gasteiger partial charge in [-0.3, -0.25) is 24.5 Å². The molecule has 1 atom stereocenters. The largest absolute Gasteiger partial charge is 0.507 e. The Balaban J connectivity index is 2.03. The quantitative estimate of drug-likeness (QED) is 0.122. The van der Waals surface area contributed by atoms with E-state index in [1.807, 2.05) is 0 Å². The maximum atomic E-state index is 13.0. The van der Waals surface area contributed by atoms with Gasteiger partial charge in [0.1, 0.15) is 5.76 Å². The number of ketones is 1. The van der Waals surface area contributed by atoms with E-state index in [0.29, 0.717) is 29.8 Å². The number of nitrogens with zero attached hydrogens (tertiary/aromatic N) is 2. The van der Waals surface area contributed by atoms with Gasteiger partial charge in [-0.25, -0.2) is 0 Å². The molecule has 1 unspecified atom stereocenters. The molecule has 1 heterocycles. The van der Waals surface area contributed by atoms with Crippen molar-refractivity contribution < 1.29 is 29.5 Å². The fourth-order valence-electron chi connectivity index (χ4n) is 3.79. The van der Waals surface area contributed by atoms with Crippen molar-refractivity contribution in [3.63, 3.8) is 0 Å². The van der Waals surface area contributed by atoms with E-state index in [0.717, 1.165) is 0 Å².